The summed E-state index contributed by atoms with van der Waals surface area (Å²) in [5.41, 5.74) is 2.67. The molecule has 0 bridgehead atoms. The Labute approximate surface area is 126 Å². The summed E-state index contributed by atoms with van der Waals surface area (Å²) in [6.07, 6.45) is 0. The standard InChI is InChI=1S/C15H11Cl2N3/c1-9-11(16)6-4-8-12(9)18-14-10-5-2-3-7-13(10)19-15(17)20-14/h2-8H,1H3,(H,18,19,20). The Morgan fingerprint density at radius 3 is 2.60 bits per heavy atom. The van der Waals surface area contributed by atoms with E-state index in [9.17, 15) is 0 Å². The highest BCUT2D eigenvalue weighted by atomic mass is 35.5. The van der Waals surface area contributed by atoms with Gasteiger partial charge in [-0.1, -0.05) is 29.8 Å². The SMILES string of the molecule is Cc1c(Cl)cccc1Nc1nc(Cl)nc2ccccc12. The van der Waals surface area contributed by atoms with Gasteiger partial charge in [0.05, 0.1) is 5.52 Å². The molecular weight excluding hydrogens is 293 g/mol. The second-order valence-electron chi connectivity index (χ2n) is 4.40. The molecule has 1 aromatic heterocycles. The molecule has 100 valence electrons. The second kappa shape index (κ2) is 5.27. The highest BCUT2D eigenvalue weighted by molar-refractivity contribution is 6.31. The van der Waals surface area contributed by atoms with E-state index >= 15 is 0 Å². The fourth-order valence-electron chi connectivity index (χ4n) is 2.01. The molecule has 2 aromatic carbocycles. The molecule has 0 aliphatic heterocycles. The van der Waals surface area contributed by atoms with Crippen LogP contribution in [0.1, 0.15) is 5.56 Å². The number of benzene rings is 2. The van der Waals surface area contributed by atoms with Crippen molar-refractivity contribution in [2.24, 2.45) is 0 Å². The van der Waals surface area contributed by atoms with Gasteiger partial charge in [-0.25, -0.2) is 4.98 Å². The molecule has 0 fully saturated rings. The Balaban J connectivity index is 2.13. The molecule has 1 N–H and O–H groups in total. The molecule has 3 nitrogen and oxygen atoms in total. The van der Waals surface area contributed by atoms with Crippen LogP contribution >= 0.6 is 23.2 Å². The number of para-hydroxylation sites is 1. The summed E-state index contributed by atoms with van der Waals surface area (Å²) in [7, 11) is 0. The number of hydrogen-bond acceptors (Lipinski definition) is 3. The number of anilines is 2. The van der Waals surface area contributed by atoms with E-state index in [2.05, 4.69) is 15.3 Å². The fraction of sp³-hybridized carbons (Fsp3) is 0.0667. The van der Waals surface area contributed by atoms with Gasteiger partial charge in [0, 0.05) is 16.1 Å². The molecule has 3 rings (SSSR count). The highest BCUT2D eigenvalue weighted by Crippen LogP contribution is 2.29. The van der Waals surface area contributed by atoms with Gasteiger partial charge in [-0.05, 0) is 48.4 Å². The van der Waals surface area contributed by atoms with Crippen molar-refractivity contribution in [1.29, 1.82) is 0 Å². The molecule has 0 saturated heterocycles. The molecule has 0 saturated carbocycles. The van der Waals surface area contributed by atoms with Crippen molar-refractivity contribution in [3.05, 3.63) is 58.3 Å². The third-order valence-corrected chi connectivity index (χ3v) is 3.68. The number of halogens is 2. The first kappa shape index (κ1) is 13.2. The lowest BCUT2D eigenvalue weighted by Crippen LogP contribution is -1.99. The first-order valence-electron chi connectivity index (χ1n) is 6.09. The Morgan fingerprint density at radius 1 is 0.950 bits per heavy atom. The molecule has 0 amide bonds. The number of aromatic nitrogens is 2. The van der Waals surface area contributed by atoms with E-state index < -0.39 is 0 Å². The fourth-order valence-corrected chi connectivity index (χ4v) is 2.36. The average molecular weight is 304 g/mol. The smallest absolute Gasteiger partial charge is 0.224 e. The molecule has 3 aromatic rings. The van der Waals surface area contributed by atoms with Crippen LogP contribution in [0.5, 0.6) is 0 Å². The summed E-state index contributed by atoms with van der Waals surface area (Å²) in [6, 6.07) is 13.4. The lowest BCUT2D eigenvalue weighted by molar-refractivity contribution is 1.21. The van der Waals surface area contributed by atoms with Gasteiger partial charge >= 0.3 is 0 Å². The lowest BCUT2D eigenvalue weighted by atomic mass is 10.2. The van der Waals surface area contributed by atoms with Gasteiger partial charge in [0.15, 0.2) is 0 Å². The third kappa shape index (κ3) is 2.42. The minimum absolute atomic E-state index is 0.214. The Kier molecular flexibility index (Phi) is 3.47. The first-order valence-corrected chi connectivity index (χ1v) is 6.85. The van der Waals surface area contributed by atoms with Crippen LogP contribution in [-0.2, 0) is 0 Å². The number of fused-ring (bicyclic) bond motifs is 1. The molecule has 0 radical (unpaired) electrons. The number of nitrogens with zero attached hydrogens (tertiary/aromatic N) is 2. The monoisotopic (exact) mass is 303 g/mol. The number of hydrogen-bond donors (Lipinski definition) is 1. The zero-order valence-electron chi connectivity index (χ0n) is 10.7. The van der Waals surface area contributed by atoms with Crippen LogP contribution in [0.2, 0.25) is 10.3 Å². The Morgan fingerprint density at radius 2 is 1.75 bits per heavy atom. The van der Waals surface area contributed by atoms with Crippen molar-refractivity contribution in [2.75, 3.05) is 5.32 Å². The van der Waals surface area contributed by atoms with Crippen LogP contribution < -0.4 is 5.32 Å². The molecule has 0 atom stereocenters. The topological polar surface area (TPSA) is 37.8 Å². The normalized spacial score (nSPS) is 10.8. The number of nitrogens with one attached hydrogen (secondary N) is 1. The molecule has 5 heteroatoms. The van der Waals surface area contributed by atoms with Gasteiger partial charge in [0.2, 0.25) is 5.28 Å². The van der Waals surface area contributed by atoms with Crippen molar-refractivity contribution in [3.8, 4) is 0 Å². The molecule has 0 aliphatic carbocycles. The maximum atomic E-state index is 6.13. The van der Waals surface area contributed by atoms with E-state index in [-0.39, 0.29) is 5.28 Å². The summed E-state index contributed by atoms with van der Waals surface area (Å²) in [6.45, 7) is 1.95. The molecule has 20 heavy (non-hydrogen) atoms. The van der Waals surface area contributed by atoms with Gasteiger partial charge in [-0.15, -0.1) is 0 Å². The quantitative estimate of drug-likeness (QED) is 0.678. The van der Waals surface area contributed by atoms with Gasteiger partial charge in [0.1, 0.15) is 5.82 Å². The van der Waals surface area contributed by atoms with Crippen molar-refractivity contribution in [3.63, 3.8) is 0 Å². The van der Waals surface area contributed by atoms with Gasteiger partial charge in [0.25, 0.3) is 0 Å². The van der Waals surface area contributed by atoms with Crippen molar-refractivity contribution in [1.82, 2.24) is 9.97 Å². The van der Waals surface area contributed by atoms with E-state index in [0.717, 1.165) is 22.2 Å². The molecule has 0 aliphatic rings. The second-order valence-corrected chi connectivity index (χ2v) is 5.14. The zero-order chi connectivity index (χ0) is 14.1. The van der Waals surface area contributed by atoms with Crippen LogP contribution in [0.3, 0.4) is 0 Å². The van der Waals surface area contributed by atoms with Gasteiger partial charge in [-0.2, -0.15) is 4.98 Å². The maximum Gasteiger partial charge on any atom is 0.224 e. The van der Waals surface area contributed by atoms with E-state index in [1.54, 1.807) is 0 Å². The predicted octanol–water partition coefficient (Wildman–Crippen LogP) is 4.99. The van der Waals surface area contributed by atoms with Crippen molar-refractivity contribution >= 4 is 45.6 Å². The van der Waals surface area contributed by atoms with Crippen LogP contribution in [0.4, 0.5) is 11.5 Å². The highest BCUT2D eigenvalue weighted by Gasteiger charge is 2.08. The van der Waals surface area contributed by atoms with Gasteiger partial charge in [-0.3, -0.25) is 0 Å². The van der Waals surface area contributed by atoms with E-state index in [1.165, 1.54) is 0 Å². The third-order valence-electron chi connectivity index (χ3n) is 3.10. The van der Waals surface area contributed by atoms with Crippen molar-refractivity contribution in [2.45, 2.75) is 6.92 Å². The predicted molar refractivity (Wildman–Crippen MR) is 84.0 cm³/mol. The van der Waals surface area contributed by atoms with Crippen LogP contribution in [-0.4, -0.2) is 9.97 Å². The average Bonchev–Trinajstić information content (AvgIpc) is 2.43. The molecule has 1 heterocycles. The Hall–Kier alpha value is -1.84. The van der Waals surface area contributed by atoms with Crippen LogP contribution in [0.15, 0.2) is 42.5 Å². The lowest BCUT2D eigenvalue weighted by Gasteiger charge is -2.12. The van der Waals surface area contributed by atoms with E-state index in [0.29, 0.717) is 10.8 Å². The summed E-state index contributed by atoms with van der Waals surface area (Å²) in [5, 5.41) is 5.11. The van der Waals surface area contributed by atoms with Crippen molar-refractivity contribution < 1.29 is 0 Å². The summed E-state index contributed by atoms with van der Waals surface area (Å²) >= 11 is 12.1. The van der Waals surface area contributed by atoms with E-state index in [1.807, 2.05) is 49.4 Å². The summed E-state index contributed by atoms with van der Waals surface area (Å²) in [4.78, 5) is 8.47. The summed E-state index contributed by atoms with van der Waals surface area (Å²) in [5.74, 6) is 0.672. The van der Waals surface area contributed by atoms with Crippen LogP contribution in [0, 0.1) is 6.92 Å². The van der Waals surface area contributed by atoms with Crippen LogP contribution in [0.25, 0.3) is 10.9 Å². The maximum absolute atomic E-state index is 6.13. The minimum Gasteiger partial charge on any atom is -0.339 e. The minimum atomic E-state index is 0.214. The molecule has 0 unspecified atom stereocenters. The molecular formula is C15H11Cl2N3. The molecule has 0 spiro atoms. The first-order chi connectivity index (χ1) is 9.65. The van der Waals surface area contributed by atoms with E-state index in [4.69, 9.17) is 23.2 Å². The number of rotatable bonds is 2. The van der Waals surface area contributed by atoms with Gasteiger partial charge < -0.3 is 5.32 Å². The Bertz CT molecular complexity index is 787. The zero-order valence-corrected chi connectivity index (χ0v) is 12.2. The summed E-state index contributed by atoms with van der Waals surface area (Å²) < 4.78 is 0. The largest absolute Gasteiger partial charge is 0.339 e.